The number of hydrogen-bond donors (Lipinski definition) is 0. The number of benzene rings is 1. The highest BCUT2D eigenvalue weighted by atomic mass is 15.2. The summed E-state index contributed by atoms with van der Waals surface area (Å²) in [5, 5.41) is 0. The van der Waals surface area contributed by atoms with Crippen LogP contribution < -0.4 is 0 Å². The first-order valence-electron chi connectivity index (χ1n) is 9.08. The van der Waals surface area contributed by atoms with E-state index >= 15 is 0 Å². The molecule has 24 heavy (non-hydrogen) atoms. The fourth-order valence-corrected chi connectivity index (χ4v) is 3.31. The van der Waals surface area contributed by atoms with Crippen LogP contribution in [0.4, 0.5) is 0 Å². The zero-order chi connectivity index (χ0) is 17.5. The van der Waals surface area contributed by atoms with Crippen LogP contribution >= 0.6 is 0 Å². The Balaban J connectivity index is 2.30. The monoisotopic (exact) mass is 321 g/mol. The van der Waals surface area contributed by atoms with E-state index in [9.17, 15) is 0 Å². The minimum Gasteiger partial charge on any atom is -0.360 e. The van der Waals surface area contributed by atoms with Gasteiger partial charge in [0.1, 0.15) is 0 Å². The summed E-state index contributed by atoms with van der Waals surface area (Å²) in [5.41, 5.74) is 6.55. The average Bonchev–Trinajstić information content (AvgIpc) is 2.62. The molecule has 0 fully saturated rings. The van der Waals surface area contributed by atoms with Gasteiger partial charge in [0.05, 0.1) is 6.04 Å². The second-order valence-corrected chi connectivity index (χ2v) is 6.70. The van der Waals surface area contributed by atoms with Gasteiger partial charge in [0.2, 0.25) is 0 Å². The normalized spacial score (nSPS) is 17.9. The van der Waals surface area contributed by atoms with Crippen LogP contribution in [0.2, 0.25) is 0 Å². The topological polar surface area (TPSA) is 3.24 Å². The third kappa shape index (κ3) is 4.29. The average molecular weight is 322 g/mol. The van der Waals surface area contributed by atoms with E-state index in [1.54, 1.807) is 0 Å². The van der Waals surface area contributed by atoms with Gasteiger partial charge in [0, 0.05) is 12.2 Å². The first-order valence-corrected chi connectivity index (χ1v) is 9.08. The van der Waals surface area contributed by atoms with Crippen LogP contribution in [0.5, 0.6) is 0 Å². The summed E-state index contributed by atoms with van der Waals surface area (Å²) < 4.78 is 0. The summed E-state index contributed by atoms with van der Waals surface area (Å²) in [4.78, 5) is 2.45. The maximum atomic E-state index is 4.43. The maximum absolute atomic E-state index is 4.43. The Morgan fingerprint density at radius 3 is 2.62 bits per heavy atom. The van der Waals surface area contributed by atoms with Crippen molar-refractivity contribution < 1.29 is 0 Å². The molecule has 0 spiro atoms. The maximum Gasteiger partial charge on any atom is 0.0543 e. The van der Waals surface area contributed by atoms with Gasteiger partial charge in [0.15, 0.2) is 0 Å². The lowest BCUT2D eigenvalue weighted by Gasteiger charge is -2.41. The SMILES string of the molecule is C=C(CCCC)C1Cc2ccccc2CN1C(=C)/C(C)=C/C=C\C. The first kappa shape index (κ1) is 18.3. The lowest BCUT2D eigenvalue weighted by Crippen LogP contribution is -2.40. The molecule has 128 valence electrons. The van der Waals surface area contributed by atoms with Crippen LogP contribution in [0, 0.1) is 0 Å². The zero-order valence-electron chi connectivity index (χ0n) is 15.5. The van der Waals surface area contributed by atoms with Gasteiger partial charge in [-0.1, -0.05) is 74.6 Å². The summed E-state index contributed by atoms with van der Waals surface area (Å²) in [5.74, 6) is 0. The molecule has 1 aromatic carbocycles. The highest BCUT2D eigenvalue weighted by Crippen LogP contribution is 2.32. The van der Waals surface area contributed by atoms with Crippen LogP contribution in [0.1, 0.15) is 51.2 Å². The number of unbranched alkanes of at least 4 members (excludes halogenated alkanes) is 1. The van der Waals surface area contributed by atoms with Crippen LogP contribution in [0.25, 0.3) is 0 Å². The lowest BCUT2D eigenvalue weighted by atomic mass is 9.87. The van der Waals surface area contributed by atoms with Gasteiger partial charge in [-0.2, -0.15) is 0 Å². The molecule has 0 saturated heterocycles. The summed E-state index contributed by atoms with van der Waals surface area (Å²) in [6.07, 6.45) is 10.8. The van der Waals surface area contributed by atoms with E-state index in [2.05, 4.69) is 74.4 Å². The number of hydrogen-bond acceptors (Lipinski definition) is 1. The molecule has 0 radical (unpaired) electrons. The van der Waals surface area contributed by atoms with E-state index in [4.69, 9.17) is 0 Å². The Morgan fingerprint density at radius 1 is 1.25 bits per heavy atom. The summed E-state index contributed by atoms with van der Waals surface area (Å²) in [7, 11) is 0. The minimum atomic E-state index is 0.355. The highest BCUT2D eigenvalue weighted by Gasteiger charge is 2.28. The Kier molecular flexibility index (Phi) is 6.66. The number of allylic oxidation sites excluding steroid dienone is 4. The molecule has 1 nitrogen and oxygen atoms in total. The molecule has 1 aromatic rings. The van der Waals surface area contributed by atoms with Gasteiger partial charge in [-0.3, -0.25) is 0 Å². The van der Waals surface area contributed by atoms with Crippen LogP contribution in [-0.2, 0) is 13.0 Å². The van der Waals surface area contributed by atoms with Crippen molar-refractivity contribution in [2.75, 3.05) is 0 Å². The third-order valence-electron chi connectivity index (χ3n) is 4.91. The highest BCUT2D eigenvalue weighted by molar-refractivity contribution is 5.38. The van der Waals surface area contributed by atoms with Crippen LogP contribution in [0.15, 0.2) is 72.5 Å². The van der Waals surface area contributed by atoms with Crippen molar-refractivity contribution in [1.82, 2.24) is 4.90 Å². The Morgan fingerprint density at radius 2 is 1.96 bits per heavy atom. The van der Waals surface area contributed by atoms with Crippen LogP contribution in [-0.4, -0.2) is 10.9 Å². The largest absolute Gasteiger partial charge is 0.360 e. The number of fused-ring (bicyclic) bond motifs is 1. The Labute approximate surface area is 148 Å². The molecule has 1 aliphatic rings. The Bertz CT molecular complexity index is 648. The van der Waals surface area contributed by atoms with E-state index in [-0.39, 0.29) is 0 Å². The predicted octanol–water partition coefficient (Wildman–Crippen LogP) is 6.20. The molecule has 1 unspecified atom stereocenters. The smallest absolute Gasteiger partial charge is 0.0543 e. The molecular formula is C23H31N. The molecule has 0 bridgehead atoms. The molecule has 0 aromatic heterocycles. The van der Waals surface area contributed by atoms with Gasteiger partial charge in [-0.05, 0) is 49.8 Å². The zero-order valence-corrected chi connectivity index (χ0v) is 15.5. The summed E-state index contributed by atoms with van der Waals surface area (Å²) >= 11 is 0. The van der Waals surface area contributed by atoms with Crippen molar-refractivity contribution in [1.29, 1.82) is 0 Å². The third-order valence-corrected chi connectivity index (χ3v) is 4.91. The first-order chi connectivity index (χ1) is 11.6. The van der Waals surface area contributed by atoms with E-state index in [0.29, 0.717) is 6.04 Å². The van der Waals surface area contributed by atoms with Crippen molar-refractivity contribution >= 4 is 0 Å². The lowest BCUT2D eigenvalue weighted by molar-refractivity contribution is 0.255. The van der Waals surface area contributed by atoms with Crippen molar-refractivity contribution in [3.63, 3.8) is 0 Å². The molecule has 0 N–H and O–H groups in total. The van der Waals surface area contributed by atoms with E-state index in [1.165, 1.54) is 35.1 Å². The van der Waals surface area contributed by atoms with Crippen molar-refractivity contribution in [3.8, 4) is 0 Å². The molecule has 0 aliphatic carbocycles. The second-order valence-electron chi connectivity index (χ2n) is 6.70. The fraction of sp³-hybridized carbons (Fsp3) is 0.391. The second kappa shape index (κ2) is 8.73. The molecule has 1 heteroatoms. The molecule has 1 atom stereocenters. The molecule has 1 heterocycles. The quantitative estimate of drug-likeness (QED) is 0.427. The van der Waals surface area contributed by atoms with E-state index in [0.717, 1.165) is 25.1 Å². The predicted molar refractivity (Wildman–Crippen MR) is 106 cm³/mol. The molecule has 1 aliphatic heterocycles. The fourth-order valence-electron chi connectivity index (χ4n) is 3.31. The summed E-state index contributed by atoms with van der Waals surface area (Å²) in [6.45, 7) is 16.2. The van der Waals surface area contributed by atoms with E-state index < -0.39 is 0 Å². The minimum absolute atomic E-state index is 0.355. The molecular weight excluding hydrogens is 290 g/mol. The van der Waals surface area contributed by atoms with Gasteiger partial charge in [-0.25, -0.2) is 0 Å². The van der Waals surface area contributed by atoms with E-state index in [1.807, 2.05) is 6.92 Å². The van der Waals surface area contributed by atoms with Crippen molar-refractivity contribution in [2.24, 2.45) is 0 Å². The summed E-state index contributed by atoms with van der Waals surface area (Å²) in [6, 6.07) is 9.14. The standard InChI is InChI=1S/C23H31N/c1-6-8-12-18(3)20(5)24-17-22-15-11-10-14-21(22)16-23(24)19(4)13-9-7-2/h6,8,10-12,14-15,23H,4-5,7,9,13,16-17H2,1-3H3/b8-6-,18-12+. The molecule has 0 amide bonds. The van der Waals surface area contributed by atoms with Crippen molar-refractivity contribution in [3.05, 3.63) is 83.6 Å². The number of rotatable bonds is 7. The molecule has 2 rings (SSSR count). The van der Waals surface area contributed by atoms with Gasteiger partial charge in [0.25, 0.3) is 0 Å². The van der Waals surface area contributed by atoms with Gasteiger partial charge < -0.3 is 4.90 Å². The van der Waals surface area contributed by atoms with Crippen molar-refractivity contribution in [2.45, 2.75) is 59.0 Å². The van der Waals surface area contributed by atoms with Gasteiger partial charge in [-0.15, -0.1) is 0 Å². The Hall–Kier alpha value is -2.02. The van der Waals surface area contributed by atoms with Crippen LogP contribution in [0.3, 0.4) is 0 Å². The number of nitrogens with zero attached hydrogens (tertiary/aromatic N) is 1. The van der Waals surface area contributed by atoms with Gasteiger partial charge >= 0.3 is 0 Å². The molecule has 0 saturated carbocycles.